The topological polar surface area (TPSA) is 52.6 Å². The Hall–Kier alpha value is -1.55. The number of benzene rings is 1. The zero-order chi connectivity index (χ0) is 13.7. The van der Waals surface area contributed by atoms with Crippen LogP contribution in [0.5, 0.6) is 5.75 Å². The van der Waals surface area contributed by atoms with Gasteiger partial charge >= 0.3 is 0 Å². The second-order valence-corrected chi connectivity index (χ2v) is 4.78. The first-order valence-electron chi connectivity index (χ1n) is 6.15. The lowest BCUT2D eigenvalue weighted by molar-refractivity contribution is -0.128. The molecule has 0 fully saturated rings. The van der Waals surface area contributed by atoms with Crippen LogP contribution in [0.2, 0.25) is 0 Å². The van der Waals surface area contributed by atoms with Crippen molar-refractivity contribution in [1.82, 2.24) is 10.2 Å². The predicted molar refractivity (Wildman–Crippen MR) is 72.6 cm³/mol. The van der Waals surface area contributed by atoms with Crippen LogP contribution >= 0.6 is 0 Å². The zero-order valence-electron chi connectivity index (χ0n) is 11.5. The van der Waals surface area contributed by atoms with Crippen molar-refractivity contribution in [3.05, 3.63) is 29.3 Å². The highest BCUT2D eigenvalue weighted by Gasteiger charge is 2.11. The fourth-order valence-corrected chi connectivity index (χ4v) is 1.75. The summed E-state index contributed by atoms with van der Waals surface area (Å²) in [5, 5.41) is 13.0. The molecule has 0 aliphatic heterocycles. The summed E-state index contributed by atoms with van der Waals surface area (Å²) in [5.74, 6) is 0.391. The van der Waals surface area contributed by atoms with Gasteiger partial charge < -0.3 is 15.3 Å². The van der Waals surface area contributed by atoms with E-state index < -0.39 is 0 Å². The largest absolute Gasteiger partial charge is 0.508 e. The average molecular weight is 250 g/mol. The van der Waals surface area contributed by atoms with E-state index in [1.54, 1.807) is 25.1 Å². The van der Waals surface area contributed by atoms with Gasteiger partial charge in [0.1, 0.15) is 5.75 Å². The Labute approximate surface area is 109 Å². The lowest BCUT2D eigenvalue weighted by Crippen LogP contribution is -2.28. The summed E-state index contributed by atoms with van der Waals surface area (Å²) < 4.78 is 0. The van der Waals surface area contributed by atoms with Gasteiger partial charge in [0, 0.05) is 38.7 Å². The molecule has 100 valence electrons. The van der Waals surface area contributed by atoms with E-state index in [-0.39, 0.29) is 11.9 Å². The van der Waals surface area contributed by atoms with Crippen molar-refractivity contribution < 1.29 is 9.90 Å². The number of aryl methyl sites for hydroxylation is 1. The van der Waals surface area contributed by atoms with Crippen LogP contribution in [0.4, 0.5) is 0 Å². The van der Waals surface area contributed by atoms with Crippen molar-refractivity contribution in [2.75, 3.05) is 20.6 Å². The molecule has 4 heteroatoms. The molecule has 0 aliphatic rings. The van der Waals surface area contributed by atoms with E-state index in [2.05, 4.69) is 5.32 Å². The van der Waals surface area contributed by atoms with E-state index in [0.717, 1.165) is 11.1 Å². The van der Waals surface area contributed by atoms with E-state index >= 15 is 0 Å². The third-order valence-corrected chi connectivity index (χ3v) is 2.94. The molecule has 0 aromatic heterocycles. The Morgan fingerprint density at radius 1 is 1.44 bits per heavy atom. The molecule has 0 bridgehead atoms. The van der Waals surface area contributed by atoms with Crippen LogP contribution in [0.15, 0.2) is 18.2 Å². The molecule has 1 aromatic carbocycles. The van der Waals surface area contributed by atoms with Gasteiger partial charge in [-0.15, -0.1) is 0 Å². The maximum Gasteiger partial charge on any atom is 0.223 e. The Balaban J connectivity index is 2.53. The van der Waals surface area contributed by atoms with Crippen molar-refractivity contribution in [2.24, 2.45) is 0 Å². The Bertz CT molecular complexity index is 416. The summed E-state index contributed by atoms with van der Waals surface area (Å²) in [5.41, 5.74) is 1.98. The fraction of sp³-hybridized carbons (Fsp3) is 0.500. The molecule has 0 aliphatic carbocycles. The Kier molecular flexibility index (Phi) is 5.16. The minimum absolute atomic E-state index is 0.0277. The highest BCUT2D eigenvalue weighted by molar-refractivity contribution is 5.75. The Morgan fingerprint density at radius 2 is 2.11 bits per heavy atom. The molecule has 0 saturated heterocycles. The second kappa shape index (κ2) is 6.40. The summed E-state index contributed by atoms with van der Waals surface area (Å²) >= 11 is 0. The normalized spacial score (nSPS) is 12.2. The summed E-state index contributed by atoms with van der Waals surface area (Å²) in [7, 11) is 3.50. The van der Waals surface area contributed by atoms with Gasteiger partial charge in [-0.25, -0.2) is 0 Å². The molecule has 1 atom stereocenters. The summed E-state index contributed by atoms with van der Waals surface area (Å²) in [6, 6.07) is 5.57. The van der Waals surface area contributed by atoms with Gasteiger partial charge in [0.05, 0.1) is 0 Å². The molecule has 0 radical (unpaired) electrons. The summed E-state index contributed by atoms with van der Waals surface area (Å²) in [4.78, 5) is 13.0. The van der Waals surface area contributed by atoms with E-state index in [1.807, 2.05) is 26.0 Å². The van der Waals surface area contributed by atoms with Crippen LogP contribution in [-0.4, -0.2) is 36.6 Å². The third kappa shape index (κ3) is 4.04. The van der Waals surface area contributed by atoms with Crippen LogP contribution < -0.4 is 5.32 Å². The molecule has 18 heavy (non-hydrogen) atoms. The van der Waals surface area contributed by atoms with Gasteiger partial charge in [0.15, 0.2) is 0 Å². The first kappa shape index (κ1) is 14.5. The number of aromatic hydroxyl groups is 1. The van der Waals surface area contributed by atoms with Gasteiger partial charge in [-0.3, -0.25) is 4.79 Å². The van der Waals surface area contributed by atoms with Crippen molar-refractivity contribution >= 4 is 5.91 Å². The van der Waals surface area contributed by atoms with E-state index in [0.29, 0.717) is 18.7 Å². The number of nitrogens with zero attached hydrogens (tertiary/aromatic N) is 1. The van der Waals surface area contributed by atoms with Gasteiger partial charge in [-0.2, -0.15) is 0 Å². The molecular formula is C14H22N2O2. The van der Waals surface area contributed by atoms with Crippen LogP contribution in [0.25, 0.3) is 0 Å². The van der Waals surface area contributed by atoms with Gasteiger partial charge in [0.2, 0.25) is 5.91 Å². The van der Waals surface area contributed by atoms with Crippen LogP contribution in [-0.2, 0) is 4.79 Å². The Morgan fingerprint density at radius 3 is 2.72 bits per heavy atom. The SMILES string of the molecule is Cc1ccc(O)c(C(C)NCCC(=O)N(C)C)c1. The van der Waals surface area contributed by atoms with Crippen molar-refractivity contribution in [2.45, 2.75) is 26.3 Å². The van der Waals surface area contributed by atoms with Crippen molar-refractivity contribution in [3.8, 4) is 5.75 Å². The van der Waals surface area contributed by atoms with E-state index in [1.165, 1.54) is 0 Å². The number of amides is 1. The van der Waals surface area contributed by atoms with Crippen molar-refractivity contribution in [1.29, 1.82) is 0 Å². The van der Waals surface area contributed by atoms with Crippen LogP contribution in [0, 0.1) is 6.92 Å². The second-order valence-electron chi connectivity index (χ2n) is 4.78. The zero-order valence-corrected chi connectivity index (χ0v) is 11.5. The third-order valence-electron chi connectivity index (χ3n) is 2.94. The molecule has 1 rings (SSSR count). The maximum absolute atomic E-state index is 11.4. The summed E-state index contributed by atoms with van der Waals surface area (Å²) in [6.07, 6.45) is 0.462. The maximum atomic E-state index is 11.4. The highest BCUT2D eigenvalue weighted by atomic mass is 16.3. The van der Waals surface area contributed by atoms with Gasteiger partial charge in [0.25, 0.3) is 0 Å². The average Bonchev–Trinajstić information content (AvgIpc) is 2.31. The lowest BCUT2D eigenvalue weighted by Gasteiger charge is -2.17. The first-order valence-corrected chi connectivity index (χ1v) is 6.15. The molecule has 1 unspecified atom stereocenters. The van der Waals surface area contributed by atoms with Crippen molar-refractivity contribution in [3.63, 3.8) is 0 Å². The number of carbonyl (C=O) groups excluding carboxylic acids is 1. The number of nitrogens with one attached hydrogen (secondary N) is 1. The lowest BCUT2D eigenvalue weighted by atomic mass is 10.0. The molecule has 0 spiro atoms. The van der Waals surface area contributed by atoms with E-state index in [4.69, 9.17) is 0 Å². The monoisotopic (exact) mass is 250 g/mol. The molecular weight excluding hydrogens is 228 g/mol. The predicted octanol–water partition coefficient (Wildman–Crippen LogP) is 1.83. The van der Waals surface area contributed by atoms with Gasteiger partial charge in [-0.05, 0) is 19.9 Å². The molecule has 1 aromatic rings. The highest BCUT2D eigenvalue weighted by Crippen LogP contribution is 2.24. The molecule has 0 heterocycles. The first-order chi connectivity index (χ1) is 8.41. The van der Waals surface area contributed by atoms with E-state index in [9.17, 15) is 9.90 Å². The number of rotatable bonds is 5. The smallest absolute Gasteiger partial charge is 0.223 e. The molecule has 0 saturated carbocycles. The number of phenols is 1. The number of hydrogen-bond acceptors (Lipinski definition) is 3. The number of phenolic OH excluding ortho intramolecular Hbond substituents is 1. The minimum Gasteiger partial charge on any atom is -0.508 e. The minimum atomic E-state index is 0.0277. The fourth-order valence-electron chi connectivity index (χ4n) is 1.75. The molecule has 4 nitrogen and oxygen atoms in total. The number of carbonyl (C=O) groups is 1. The quantitative estimate of drug-likeness (QED) is 0.838. The van der Waals surface area contributed by atoms with Crippen LogP contribution in [0.1, 0.15) is 30.5 Å². The standard InChI is InChI=1S/C14H22N2O2/c1-10-5-6-13(17)12(9-10)11(2)15-8-7-14(18)16(3)4/h5-6,9,11,15,17H,7-8H2,1-4H3. The number of hydrogen-bond donors (Lipinski definition) is 2. The van der Waals surface area contributed by atoms with Crippen LogP contribution in [0.3, 0.4) is 0 Å². The molecule has 1 amide bonds. The van der Waals surface area contributed by atoms with Gasteiger partial charge in [-0.1, -0.05) is 17.7 Å². The molecule has 2 N–H and O–H groups in total. The summed E-state index contributed by atoms with van der Waals surface area (Å²) in [6.45, 7) is 4.57.